The second-order valence-electron chi connectivity index (χ2n) is 5.46. The minimum absolute atomic E-state index is 0.0557. The van der Waals surface area contributed by atoms with E-state index in [0.717, 1.165) is 12.2 Å². The van der Waals surface area contributed by atoms with Crippen molar-refractivity contribution in [2.24, 2.45) is 7.05 Å². The summed E-state index contributed by atoms with van der Waals surface area (Å²) in [4.78, 5) is 0. The number of rotatable bonds is 6. The highest BCUT2D eigenvalue weighted by Crippen LogP contribution is 2.23. The minimum Gasteiger partial charge on any atom is -0.355 e. The molecule has 0 aliphatic carbocycles. The molecule has 0 atom stereocenters. The lowest BCUT2D eigenvalue weighted by atomic mass is 9.89. The molecule has 0 saturated carbocycles. The maximum absolute atomic E-state index is 5.13. The summed E-state index contributed by atoms with van der Waals surface area (Å²) in [5.41, 5.74) is 2.40. The topological polar surface area (TPSA) is 48.3 Å². The lowest BCUT2D eigenvalue weighted by Crippen LogP contribution is -2.30. The van der Waals surface area contributed by atoms with Crippen LogP contribution in [-0.2, 0) is 28.5 Å². The number of hydrogen-bond acceptors (Lipinski definition) is 4. The number of aromatic nitrogens is 2. The van der Waals surface area contributed by atoms with Crippen LogP contribution in [0.3, 0.4) is 0 Å². The molecule has 0 amide bonds. The van der Waals surface area contributed by atoms with Crippen LogP contribution in [0.25, 0.3) is 0 Å². The SMILES string of the molecule is COC(CNCc1cn(C)nc1C(C)(C)C)OC. The molecule has 0 saturated heterocycles. The van der Waals surface area contributed by atoms with Crippen LogP contribution in [0.15, 0.2) is 6.20 Å². The lowest BCUT2D eigenvalue weighted by Gasteiger charge is -2.18. The van der Waals surface area contributed by atoms with E-state index in [2.05, 4.69) is 37.4 Å². The summed E-state index contributed by atoms with van der Waals surface area (Å²) in [6, 6.07) is 0. The van der Waals surface area contributed by atoms with Gasteiger partial charge in [-0.1, -0.05) is 20.8 Å². The average Bonchev–Trinajstić information content (AvgIpc) is 2.66. The first-order chi connectivity index (χ1) is 8.38. The first kappa shape index (κ1) is 15.1. The number of ether oxygens (including phenoxy) is 2. The summed E-state index contributed by atoms with van der Waals surface area (Å²) in [7, 11) is 5.23. The van der Waals surface area contributed by atoms with Crippen LogP contribution < -0.4 is 5.32 Å². The molecule has 0 radical (unpaired) electrons. The van der Waals surface area contributed by atoms with Crippen LogP contribution in [0.4, 0.5) is 0 Å². The van der Waals surface area contributed by atoms with E-state index in [0.29, 0.717) is 6.54 Å². The largest absolute Gasteiger partial charge is 0.355 e. The molecule has 5 nitrogen and oxygen atoms in total. The zero-order valence-corrected chi connectivity index (χ0v) is 12.3. The molecule has 0 fully saturated rings. The molecule has 1 aromatic heterocycles. The molecule has 0 aliphatic heterocycles. The van der Waals surface area contributed by atoms with Gasteiger partial charge in [-0.3, -0.25) is 4.68 Å². The molecule has 0 aliphatic rings. The van der Waals surface area contributed by atoms with Gasteiger partial charge < -0.3 is 14.8 Å². The second kappa shape index (κ2) is 6.31. The summed E-state index contributed by atoms with van der Waals surface area (Å²) in [6.45, 7) is 7.94. The Balaban J connectivity index is 2.62. The van der Waals surface area contributed by atoms with E-state index in [-0.39, 0.29) is 11.7 Å². The van der Waals surface area contributed by atoms with E-state index in [1.807, 2.05) is 11.7 Å². The van der Waals surface area contributed by atoms with E-state index in [1.54, 1.807) is 14.2 Å². The number of nitrogens with one attached hydrogen (secondary N) is 1. The third kappa shape index (κ3) is 4.08. The second-order valence-corrected chi connectivity index (χ2v) is 5.46. The van der Waals surface area contributed by atoms with Crippen molar-refractivity contribution >= 4 is 0 Å². The third-order valence-electron chi connectivity index (χ3n) is 2.77. The number of nitrogens with zero attached hydrogens (tertiary/aromatic N) is 2. The molecule has 0 aromatic carbocycles. The maximum atomic E-state index is 5.13. The molecule has 0 bridgehead atoms. The molecule has 1 rings (SSSR count). The van der Waals surface area contributed by atoms with Gasteiger partial charge in [-0.05, 0) is 0 Å². The van der Waals surface area contributed by atoms with Gasteiger partial charge in [-0.15, -0.1) is 0 Å². The van der Waals surface area contributed by atoms with Crippen molar-refractivity contribution in [1.29, 1.82) is 0 Å². The van der Waals surface area contributed by atoms with Gasteiger partial charge >= 0.3 is 0 Å². The van der Waals surface area contributed by atoms with E-state index in [1.165, 1.54) is 5.56 Å². The first-order valence-electron chi connectivity index (χ1n) is 6.17. The summed E-state index contributed by atoms with van der Waals surface area (Å²) in [5.74, 6) is 0. The Labute approximate surface area is 109 Å². The Morgan fingerprint density at radius 1 is 1.33 bits per heavy atom. The minimum atomic E-state index is -0.209. The van der Waals surface area contributed by atoms with Crippen LogP contribution in [-0.4, -0.2) is 36.8 Å². The summed E-state index contributed by atoms with van der Waals surface area (Å²) in [5, 5.41) is 7.86. The summed E-state index contributed by atoms with van der Waals surface area (Å²) in [6.07, 6.45) is 1.85. The molecule has 18 heavy (non-hydrogen) atoms. The van der Waals surface area contributed by atoms with Crippen molar-refractivity contribution in [3.8, 4) is 0 Å². The highest BCUT2D eigenvalue weighted by Gasteiger charge is 2.21. The summed E-state index contributed by atoms with van der Waals surface area (Å²) >= 11 is 0. The van der Waals surface area contributed by atoms with Crippen LogP contribution in [0.1, 0.15) is 32.0 Å². The molecule has 1 N–H and O–H groups in total. The molecule has 104 valence electrons. The van der Waals surface area contributed by atoms with Gasteiger partial charge in [0.15, 0.2) is 6.29 Å². The van der Waals surface area contributed by atoms with Crippen molar-refractivity contribution in [2.75, 3.05) is 20.8 Å². The van der Waals surface area contributed by atoms with E-state index in [9.17, 15) is 0 Å². The molecular weight excluding hydrogens is 230 g/mol. The number of methoxy groups -OCH3 is 2. The quantitative estimate of drug-likeness (QED) is 0.781. The molecule has 1 heterocycles. The number of hydrogen-bond donors (Lipinski definition) is 1. The van der Waals surface area contributed by atoms with Crippen LogP contribution >= 0.6 is 0 Å². The van der Waals surface area contributed by atoms with Crippen LogP contribution in [0.5, 0.6) is 0 Å². The van der Waals surface area contributed by atoms with E-state index < -0.39 is 0 Å². The lowest BCUT2D eigenvalue weighted by molar-refractivity contribution is -0.0989. The van der Waals surface area contributed by atoms with Crippen LogP contribution in [0.2, 0.25) is 0 Å². The fourth-order valence-corrected chi connectivity index (χ4v) is 1.89. The van der Waals surface area contributed by atoms with Gasteiger partial charge in [-0.25, -0.2) is 0 Å². The normalized spacial score (nSPS) is 12.4. The molecular formula is C13H25N3O2. The van der Waals surface area contributed by atoms with Gasteiger partial charge in [0.25, 0.3) is 0 Å². The van der Waals surface area contributed by atoms with Gasteiger partial charge in [-0.2, -0.15) is 5.10 Å². The van der Waals surface area contributed by atoms with Crippen molar-refractivity contribution in [3.05, 3.63) is 17.5 Å². The van der Waals surface area contributed by atoms with E-state index >= 15 is 0 Å². The molecule has 1 aromatic rings. The Hall–Kier alpha value is -0.910. The van der Waals surface area contributed by atoms with Crippen molar-refractivity contribution in [2.45, 2.75) is 39.0 Å². The number of aryl methyl sites for hydroxylation is 1. The van der Waals surface area contributed by atoms with Gasteiger partial charge in [0.05, 0.1) is 5.69 Å². The van der Waals surface area contributed by atoms with Crippen molar-refractivity contribution in [1.82, 2.24) is 15.1 Å². The fraction of sp³-hybridized carbons (Fsp3) is 0.769. The van der Waals surface area contributed by atoms with E-state index in [4.69, 9.17) is 9.47 Å². The van der Waals surface area contributed by atoms with Gasteiger partial charge in [0.2, 0.25) is 0 Å². The smallest absolute Gasteiger partial charge is 0.169 e. The first-order valence-corrected chi connectivity index (χ1v) is 6.17. The monoisotopic (exact) mass is 255 g/mol. The highest BCUT2D eigenvalue weighted by atomic mass is 16.7. The molecule has 0 unspecified atom stereocenters. The molecule has 5 heteroatoms. The fourth-order valence-electron chi connectivity index (χ4n) is 1.89. The van der Waals surface area contributed by atoms with Crippen molar-refractivity contribution < 1.29 is 9.47 Å². The Morgan fingerprint density at radius 3 is 2.44 bits per heavy atom. The predicted octanol–water partition coefficient (Wildman–Crippen LogP) is 1.43. The Kier molecular flexibility index (Phi) is 5.31. The van der Waals surface area contributed by atoms with Gasteiger partial charge in [0.1, 0.15) is 0 Å². The standard InChI is InChI=1S/C13H25N3O2/c1-13(2,3)12-10(9-16(4)15-12)7-14-8-11(17-5)18-6/h9,11,14H,7-8H2,1-6H3. The summed E-state index contributed by atoms with van der Waals surface area (Å²) < 4.78 is 12.1. The zero-order valence-electron chi connectivity index (χ0n) is 12.3. The zero-order chi connectivity index (χ0) is 13.8. The average molecular weight is 255 g/mol. The maximum Gasteiger partial charge on any atom is 0.169 e. The van der Waals surface area contributed by atoms with Crippen molar-refractivity contribution in [3.63, 3.8) is 0 Å². The third-order valence-corrected chi connectivity index (χ3v) is 2.77. The Bertz CT molecular complexity index is 365. The Morgan fingerprint density at radius 2 is 1.94 bits per heavy atom. The predicted molar refractivity (Wildman–Crippen MR) is 71.4 cm³/mol. The van der Waals surface area contributed by atoms with Crippen LogP contribution in [0, 0.1) is 0 Å². The highest BCUT2D eigenvalue weighted by molar-refractivity contribution is 5.23. The molecule has 0 spiro atoms. The van der Waals surface area contributed by atoms with Gasteiger partial charge in [0, 0.05) is 51.5 Å².